The fourth-order valence-corrected chi connectivity index (χ4v) is 6.37. The number of methoxy groups -OCH3 is 3. The molecule has 0 radical (unpaired) electrons. The van der Waals surface area contributed by atoms with Crippen LogP contribution < -0.4 is 19.5 Å². The number of thioether (sulfide) groups is 1. The van der Waals surface area contributed by atoms with Gasteiger partial charge in [0.25, 0.3) is 0 Å². The summed E-state index contributed by atoms with van der Waals surface area (Å²) < 4.78 is 22.4. The van der Waals surface area contributed by atoms with Crippen molar-refractivity contribution in [3.05, 3.63) is 62.6 Å². The van der Waals surface area contributed by atoms with Gasteiger partial charge in [-0.05, 0) is 48.2 Å². The van der Waals surface area contributed by atoms with Crippen LogP contribution in [-0.2, 0) is 14.3 Å². The molecular weight excluding hydrogens is 510 g/mol. The van der Waals surface area contributed by atoms with Crippen molar-refractivity contribution in [2.24, 2.45) is 0 Å². The molecule has 1 N–H and O–H groups in total. The molecule has 0 saturated carbocycles. The van der Waals surface area contributed by atoms with Crippen LogP contribution in [0, 0.1) is 0 Å². The van der Waals surface area contributed by atoms with Crippen molar-refractivity contribution in [2.75, 3.05) is 39.4 Å². The first-order valence-corrected chi connectivity index (χ1v) is 14.3. The standard InChI is InChI=1S/C28H33NO6S2/c1-6-36-11-9-35-28(31)24-16(2)29-19-12-17(23-8-7-10-37-23)13-20(30)26(19)25(24)18-14-21(32-3)27(34-5)22(15-18)33-4/h7-8,10,14-15,17,25,29H,6,9,11-13H2,1-5H3/t17-,25-/m0/s1. The van der Waals surface area contributed by atoms with Gasteiger partial charge in [0, 0.05) is 45.9 Å². The largest absolute Gasteiger partial charge is 0.493 e. The Labute approximate surface area is 226 Å². The average molecular weight is 544 g/mol. The highest BCUT2D eigenvalue weighted by Gasteiger charge is 2.42. The number of benzene rings is 1. The highest BCUT2D eigenvalue weighted by atomic mass is 32.2. The zero-order valence-electron chi connectivity index (χ0n) is 21.8. The molecule has 2 aromatic rings. The van der Waals surface area contributed by atoms with E-state index < -0.39 is 11.9 Å². The molecule has 7 nitrogen and oxygen atoms in total. The van der Waals surface area contributed by atoms with Crippen molar-refractivity contribution >= 4 is 34.9 Å². The minimum Gasteiger partial charge on any atom is -0.493 e. The molecule has 0 unspecified atom stereocenters. The molecule has 2 aliphatic rings. The number of ether oxygens (including phenoxy) is 4. The Morgan fingerprint density at radius 1 is 1.14 bits per heavy atom. The third kappa shape index (κ3) is 5.52. The number of hydrogen-bond acceptors (Lipinski definition) is 9. The highest BCUT2D eigenvalue weighted by Crippen LogP contribution is 2.49. The van der Waals surface area contributed by atoms with Crippen LogP contribution in [0.5, 0.6) is 17.2 Å². The summed E-state index contributed by atoms with van der Waals surface area (Å²) in [5.41, 5.74) is 3.27. The van der Waals surface area contributed by atoms with E-state index in [9.17, 15) is 9.59 Å². The van der Waals surface area contributed by atoms with Crippen LogP contribution in [0.1, 0.15) is 49.0 Å². The summed E-state index contributed by atoms with van der Waals surface area (Å²) in [6.07, 6.45) is 1.08. The minimum atomic E-state index is -0.618. The Morgan fingerprint density at radius 3 is 2.46 bits per heavy atom. The van der Waals surface area contributed by atoms with Gasteiger partial charge in [0.2, 0.25) is 5.75 Å². The third-order valence-corrected chi connectivity index (χ3v) is 8.58. The molecule has 0 spiro atoms. The zero-order chi connectivity index (χ0) is 26.5. The van der Waals surface area contributed by atoms with E-state index in [1.165, 1.54) is 4.88 Å². The first kappa shape index (κ1) is 27.1. The number of ketones is 1. The number of thiophene rings is 1. The first-order chi connectivity index (χ1) is 17.9. The van der Waals surface area contributed by atoms with Gasteiger partial charge in [-0.25, -0.2) is 4.79 Å². The monoisotopic (exact) mass is 543 g/mol. The molecule has 1 aliphatic carbocycles. The molecule has 0 bridgehead atoms. The van der Waals surface area contributed by atoms with Crippen LogP contribution >= 0.6 is 23.1 Å². The molecule has 2 heterocycles. The molecular formula is C28H33NO6S2. The maximum absolute atomic E-state index is 13.8. The van der Waals surface area contributed by atoms with Gasteiger partial charge in [0.1, 0.15) is 6.61 Å². The number of Topliss-reactive ketones (excluding diaryl/α,β-unsaturated/α-hetero) is 1. The second kappa shape index (κ2) is 12.1. The second-order valence-corrected chi connectivity index (χ2v) is 11.2. The van der Waals surface area contributed by atoms with Crippen LogP contribution in [-0.4, -0.2) is 51.2 Å². The molecule has 37 heavy (non-hydrogen) atoms. The van der Waals surface area contributed by atoms with Crippen molar-refractivity contribution in [1.29, 1.82) is 0 Å². The molecule has 9 heteroatoms. The fraction of sp³-hybridized carbons (Fsp3) is 0.429. The van der Waals surface area contributed by atoms with Gasteiger partial charge < -0.3 is 24.3 Å². The van der Waals surface area contributed by atoms with Gasteiger partial charge in [-0.1, -0.05) is 13.0 Å². The molecule has 4 rings (SSSR count). The number of esters is 1. The summed E-state index contributed by atoms with van der Waals surface area (Å²) in [4.78, 5) is 28.4. The Bertz CT molecular complexity index is 1190. The summed E-state index contributed by atoms with van der Waals surface area (Å²) in [7, 11) is 4.64. The summed E-state index contributed by atoms with van der Waals surface area (Å²) in [5, 5.41) is 5.44. The van der Waals surface area contributed by atoms with E-state index in [0.717, 1.165) is 11.4 Å². The lowest BCUT2D eigenvalue weighted by molar-refractivity contribution is -0.138. The third-order valence-electron chi connectivity index (χ3n) is 6.68. The van der Waals surface area contributed by atoms with Gasteiger partial charge in [-0.2, -0.15) is 11.8 Å². The summed E-state index contributed by atoms with van der Waals surface area (Å²) in [5.74, 6) is 2.11. The topological polar surface area (TPSA) is 83.1 Å². The summed E-state index contributed by atoms with van der Waals surface area (Å²) in [6, 6.07) is 7.72. The smallest absolute Gasteiger partial charge is 0.336 e. The van der Waals surface area contributed by atoms with E-state index in [1.807, 2.05) is 30.5 Å². The van der Waals surface area contributed by atoms with E-state index in [4.69, 9.17) is 18.9 Å². The Hall–Kier alpha value is -2.91. The normalized spacial score (nSPS) is 19.3. The van der Waals surface area contributed by atoms with Gasteiger partial charge in [-0.3, -0.25) is 4.79 Å². The van der Waals surface area contributed by atoms with Crippen molar-refractivity contribution in [3.8, 4) is 17.2 Å². The molecule has 0 saturated heterocycles. The fourth-order valence-electron chi connectivity index (χ4n) is 5.05. The minimum absolute atomic E-state index is 0.0187. The number of rotatable bonds is 10. The van der Waals surface area contributed by atoms with Gasteiger partial charge in [0.15, 0.2) is 17.3 Å². The van der Waals surface area contributed by atoms with Crippen molar-refractivity contribution < 1.29 is 28.5 Å². The Morgan fingerprint density at radius 2 is 1.86 bits per heavy atom. The molecule has 1 aromatic heterocycles. The number of carbonyl (C=O) groups excluding carboxylic acids is 2. The number of nitrogens with one attached hydrogen (secondary N) is 1. The Balaban J connectivity index is 1.82. The molecule has 198 valence electrons. The van der Waals surface area contributed by atoms with Crippen molar-refractivity contribution in [2.45, 2.75) is 38.5 Å². The summed E-state index contributed by atoms with van der Waals surface area (Å²) in [6.45, 7) is 4.23. The lowest BCUT2D eigenvalue weighted by Crippen LogP contribution is -2.36. The lowest BCUT2D eigenvalue weighted by Gasteiger charge is -2.36. The van der Waals surface area contributed by atoms with Gasteiger partial charge in [-0.15, -0.1) is 11.3 Å². The highest BCUT2D eigenvalue weighted by molar-refractivity contribution is 7.99. The van der Waals surface area contributed by atoms with Crippen molar-refractivity contribution in [3.63, 3.8) is 0 Å². The maximum Gasteiger partial charge on any atom is 0.336 e. The Kier molecular flexibility index (Phi) is 8.87. The maximum atomic E-state index is 13.8. The SMILES string of the molecule is CCSCCOC(=O)C1=C(C)NC2=C(C(=O)C[C@@H](c3cccs3)C2)[C@H]1c1cc(OC)c(OC)c(OC)c1. The van der Waals surface area contributed by atoms with Crippen LogP contribution in [0.3, 0.4) is 0 Å². The van der Waals surface area contributed by atoms with E-state index in [1.54, 1.807) is 44.4 Å². The number of hydrogen-bond donors (Lipinski definition) is 1. The van der Waals surface area contributed by atoms with E-state index in [0.29, 0.717) is 64.9 Å². The van der Waals surface area contributed by atoms with Crippen molar-refractivity contribution in [1.82, 2.24) is 5.32 Å². The lowest BCUT2D eigenvalue weighted by atomic mass is 9.72. The second-order valence-electron chi connectivity index (χ2n) is 8.82. The molecule has 0 fully saturated rings. The zero-order valence-corrected chi connectivity index (χ0v) is 23.5. The number of allylic oxidation sites excluding steroid dienone is 3. The van der Waals surface area contributed by atoms with Crippen LogP contribution in [0.25, 0.3) is 0 Å². The molecule has 1 aromatic carbocycles. The predicted octanol–water partition coefficient (Wildman–Crippen LogP) is 5.43. The molecule has 0 amide bonds. The quantitative estimate of drug-likeness (QED) is 0.314. The van der Waals surface area contributed by atoms with Crippen LogP contribution in [0.2, 0.25) is 0 Å². The van der Waals surface area contributed by atoms with Crippen LogP contribution in [0.4, 0.5) is 0 Å². The van der Waals surface area contributed by atoms with E-state index >= 15 is 0 Å². The van der Waals surface area contributed by atoms with E-state index in [-0.39, 0.29) is 11.7 Å². The first-order valence-electron chi connectivity index (χ1n) is 12.3. The van der Waals surface area contributed by atoms with Crippen LogP contribution in [0.15, 0.2) is 52.2 Å². The number of dihydropyridines is 1. The average Bonchev–Trinajstić information content (AvgIpc) is 3.44. The predicted molar refractivity (Wildman–Crippen MR) is 147 cm³/mol. The molecule has 1 aliphatic heterocycles. The summed E-state index contributed by atoms with van der Waals surface area (Å²) >= 11 is 3.37. The van der Waals surface area contributed by atoms with Gasteiger partial charge in [0.05, 0.1) is 26.9 Å². The molecule has 2 atom stereocenters. The number of carbonyl (C=O) groups is 2. The van der Waals surface area contributed by atoms with Gasteiger partial charge >= 0.3 is 5.97 Å². The van der Waals surface area contributed by atoms with E-state index in [2.05, 4.69) is 18.3 Å².